The van der Waals surface area contributed by atoms with Crippen LogP contribution in [0, 0.1) is 0 Å². The normalized spacial score (nSPS) is 19.1. The van der Waals surface area contributed by atoms with Crippen molar-refractivity contribution < 1.29 is 38.0 Å². The predicted octanol–water partition coefficient (Wildman–Crippen LogP) is 2.71. The van der Waals surface area contributed by atoms with Gasteiger partial charge in [-0.25, -0.2) is 4.79 Å². The summed E-state index contributed by atoms with van der Waals surface area (Å²) in [5.41, 5.74) is 2.70. The van der Waals surface area contributed by atoms with E-state index in [1.807, 2.05) is 13.0 Å². The first-order valence-corrected chi connectivity index (χ1v) is 13.3. The average Bonchev–Trinajstić information content (AvgIpc) is 3.27. The van der Waals surface area contributed by atoms with Crippen LogP contribution in [0.1, 0.15) is 65.3 Å². The van der Waals surface area contributed by atoms with Gasteiger partial charge in [0.1, 0.15) is 11.8 Å². The molecule has 0 aromatic heterocycles. The maximum absolute atomic E-state index is 13.5. The van der Waals surface area contributed by atoms with Crippen molar-refractivity contribution in [2.45, 2.75) is 51.6 Å². The molecule has 1 N–H and O–H groups in total. The van der Waals surface area contributed by atoms with E-state index in [-0.39, 0.29) is 37.3 Å². The Kier molecular flexibility index (Phi) is 7.63. The second-order valence-corrected chi connectivity index (χ2v) is 9.79. The van der Waals surface area contributed by atoms with E-state index < -0.39 is 11.9 Å². The van der Waals surface area contributed by atoms with Gasteiger partial charge in [0.2, 0.25) is 11.8 Å². The number of benzene rings is 2. The summed E-state index contributed by atoms with van der Waals surface area (Å²) < 4.78 is 18.9. The summed E-state index contributed by atoms with van der Waals surface area (Å²) in [6.45, 7) is 3.46. The molecule has 3 aliphatic rings. The van der Waals surface area contributed by atoms with E-state index in [0.717, 1.165) is 30.5 Å². The number of hydrogen-bond acceptors (Lipinski definition) is 7. The standard InChI is InChI=1S/C29H31N3O7/c1-3-38-25-15-18(7-11-24(25)37-2)28(35)31-13-5-4-6-20(31)17-39-21-8-9-22-19(14-21)16-32(29(22)36)23-10-12-26(33)30-27(23)34/h7-9,11,14-15,23H,3-6,10,12-13,16-17H2,1-2H3/p+1. The molecular weight excluding hydrogens is 502 g/mol. The minimum absolute atomic E-state index is 0.115. The highest BCUT2D eigenvalue weighted by Crippen LogP contribution is 2.31. The highest BCUT2D eigenvalue weighted by atomic mass is 16.5. The van der Waals surface area contributed by atoms with Gasteiger partial charge in [-0.15, -0.1) is 0 Å². The summed E-state index contributed by atoms with van der Waals surface area (Å²) in [6, 6.07) is 9.78. The van der Waals surface area contributed by atoms with Gasteiger partial charge < -0.3 is 19.1 Å². The molecule has 2 aromatic carbocycles. The fourth-order valence-electron chi connectivity index (χ4n) is 5.33. The molecule has 10 heteroatoms. The Labute approximate surface area is 226 Å². The predicted molar refractivity (Wildman–Crippen MR) is 140 cm³/mol. The Hall–Kier alpha value is -4.21. The van der Waals surface area contributed by atoms with Crippen LogP contribution in [0.15, 0.2) is 36.4 Å². The summed E-state index contributed by atoms with van der Waals surface area (Å²) in [5.74, 6) is 0.593. The first kappa shape index (κ1) is 26.4. The quantitative estimate of drug-likeness (QED) is 0.409. The summed E-state index contributed by atoms with van der Waals surface area (Å²) >= 11 is 0. The minimum atomic E-state index is -0.662. The van der Waals surface area contributed by atoms with Gasteiger partial charge in [0, 0.05) is 37.4 Å². The van der Waals surface area contributed by atoms with Gasteiger partial charge in [0.25, 0.3) is 5.91 Å². The number of amides is 4. The molecule has 3 heterocycles. The lowest BCUT2D eigenvalue weighted by atomic mass is 10.0. The van der Waals surface area contributed by atoms with Crippen molar-refractivity contribution in [1.82, 2.24) is 10.2 Å². The van der Waals surface area contributed by atoms with E-state index in [9.17, 15) is 19.2 Å². The number of hydrogen-bond donors (Lipinski definition) is 1. The molecule has 0 spiro atoms. The van der Waals surface area contributed by atoms with Crippen LogP contribution >= 0.6 is 0 Å². The third-order valence-electron chi connectivity index (χ3n) is 7.33. The molecule has 0 aliphatic carbocycles. The topological polar surface area (TPSA) is 114 Å². The molecule has 1 unspecified atom stereocenters. The van der Waals surface area contributed by atoms with Crippen LogP contribution in [0.2, 0.25) is 0 Å². The van der Waals surface area contributed by atoms with Crippen molar-refractivity contribution in [2.24, 2.45) is 0 Å². The van der Waals surface area contributed by atoms with E-state index >= 15 is 0 Å². The van der Waals surface area contributed by atoms with Crippen LogP contribution in [-0.4, -0.2) is 71.7 Å². The Morgan fingerprint density at radius 2 is 1.90 bits per heavy atom. The van der Waals surface area contributed by atoms with Gasteiger partial charge in [0.05, 0.1) is 19.3 Å². The molecule has 1 saturated heterocycles. The van der Waals surface area contributed by atoms with E-state index in [2.05, 4.69) is 5.32 Å². The van der Waals surface area contributed by atoms with Crippen LogP contribution in [-0.2, 0) is 16.1 Å². The Bertz CT molecular complexity index is 1370. The number of carbonyl (C=O) groups excluding carboxylic acids is 4. The van der Waals surface area contributed by atoms with Crippen molar-refractivity contribution >= 4 is 29.3 Å². The fraction of sp³-hybridized carbons (Fsp3) is 0.414. The highest BCUT2D eigenvalue weighted by molar-refractivity contribution is 6.05. The van der Waals surface area contributed by atoms with Crippen molar-refractivity contribution in [3.05, 3.63) is 53.1 Å². The third-order valence-corrected chi connectivity index (χ3v) is 7.33. The molecule has 39 heavy (non-hydrogen) atoms. The summed E-state index contributed by atoms with van der Waals surface area (Å²) in [6.07, 6.45) is 3.14. The van der Waals surface area contributed by atoms with Gasteiger partial charge in [-0.1, -0.05) is 0 Å². The number of imide groups is 1. The lowest BCUT2D eigenvalue weighted by Gasteiger charge is -2.29. The van der Waals surface area contributed by atoms with Crippen molar-refractivity contribution in [2.75, 3.05) is 26.9 Å². The van der Waals surface area contributed by atoms with E-state index in [0.29, 0.717) is 47.9 Å². The first-order valence-electron chi connectivity index (χ1n) is 13.3. The van der Waals surface area contributed by atoms with Crippen LogP contribution in [0.4, 0.5) is 0 Å². The zero-order valence-corrected chi connectivity index (χ0v) is 22.2. The smallest absolute Gasteiger partial charge is 0.419 e. The van der Waals surface area contributed by atoms with Crippen molar-refractivity contribution in [3.63, 3.8) is 0 Å². The van der Waals surface area contributed by atoms with Crippen molar-refractivity contribution in [3.8, 4) is 17.2 Å². The van der Waals surface area contributed by atoms with Crippen LogP contribution in [0.5, 0.6) is 17.2 Å². The highest BCUT2D eigenvalue weighted by Gasteiger charge is 2.39. The molecule has 0 radical (unpaired) electrons. The molecule has 3 aliphatic heterocycles. The zero-order chi connectivity index (χ0) is 27.5. The van der Waals surface area contributed by atoms with E-state index in [1.54, 1.807) is 42.0 Å². The maximum Gasteiger partial charge on any atom is 0.419 e. The molecule has 4 amide bonds. The number of carbonyl (C=O) groups is 4. The Morgan fingerprint density at radius 3 is 2.67 bits per heavy atom. The number of nitrogens with one attached hydrogen (secondary N) is 1. The zero-order valence-electron chi connectivity index (χ0n) is 22.2. The molecule has 204 valence electrons. The number of rotatable bonds is 8. The molecule has 0 bridgehead atoms. The molecule has 10 nitrogen and oxygen atoms in total. The van der Waals surface area contributed by atoms with Crippen LogP contribution in [0.3, 0.4) is 0 Å². The molecule has 2 aromatic rings. The molecule has 5 rings (SSSR count). The number of piperidine rings is 1. The van der Waals surface area contributed by atoms with Gasteiger partial charge in [-0.3, -0.25) is 19.7 Å². The Balaban J connectivity index is 1.31. The lowest BCUT2D eigenvalue weighted by Crippen LogP contribution is -2.52. The largest absolute Gasteiger partial charge is 0.493 e. The number of nitrogens with zero attached hydrogens (tertiary/aromatic N) is 2. The second kappa shape index (κ2) is 11.3. The third kappa shape index (κ3) is 5.36. The monoisotopic (exact) mass is 534 g/mol. The lowest BCUT2D eigenvalue weighted by molar-refractivity contribution is -0.436. The summed E-state index contributed by atoms with van der Waals surface area (Å²) in [4.78, 5) is 51.7. The van der Waals surface area contributed by atoms with Gasteiger partial charge in [0.15, 0.2) is 30.4 Å². The van der Waals surface area contributed by atoms with E-state index in [1.165, 1.54) is 4.90 Å². The minimum Gasteiger partial charge on any atom is -0.493 e. The average molecular weight is 535 g/mol. The summed E-state index contributed by atoms with van der Waals surface area (Å²) in [5, 5.41) is 2.32. The number of ether oxygens (including phenoxy) is 3. The molecule has 1 fully saturated rings. The number of fused-ring (bicyclic) bond motifs is 1. The second-order valence-electron chi connectivity index (χ2n) is 9.79. The van der Waals surface area contributed by atoms with Gasteiger partial charge in [-0.2, -0.15) is 4.58 Å². The van der Waals surface area contributed by atoms with Gasteiger partial charge in [-0.05, 0) is 55.7 Å². The van der Waals surface area contributed by atoms with Crippen LogP contribution < -0.4 is 19.5 Å². The Morgan fingerprint density at radius 1 is 1.05 bits per heavy atom. The first-order chi connectivity index (χ1) is 18.9. The molecular formula is C29H32N3O7+. The van der Waals surface area contributed by atoms with E-state index in [4.69, 9.17) is 14.2 Å². The van der Waals surface area contributed by atoms with Crippen LogP contribution in [0.25, 0.3) is 0 Å². The summed E-state index contributed by atoms with van der Waals surface area (Å²) in [7, 11) is 1.56. The number of methoxy groups -OCH3 is 1. The fourth-order valence-corrected chi connectivity index (χ4v) is 5.33. The maximum atomic E-state index is 13.5. The molecule has 1 atom stereocenters. The van der Waals surface area contributed by atoms with Gasteiger partial charge >= 0.3 is 5.91 Å². The molecule has 0 saturated carbocycles. The SMILES string of the molecule is CCOc1cc(C(=O)[N+]2=C(COc3ccc4c(c3)CN(C3CCC(=O)NC3=O)C4=O)CCCC2)ccc1OC. The van der Waals surface area contributed by atoms with Crippen molar-refractivity contribution in [1.29, 1.82) is 0 Å².